The number of ketones is 1. The fourth-order valence-electron chi connectivity index (χ4n) is 12.0. The first-order valence-electron chi connectivity index (χ1n) is 18.4. The lowest BCUT2D eigenvalue weighted by molar-refractivity contribution is -0.214. The molecular weight excluding hydrogens is 590 g/mol. The Bertz CT molecular complexity index is 1370. The Balaban J connectivity index is 1.45. The Kier molecular flexibility index (Phi) is 8.79. The highest BCUT2D eigenvalue weighted by molar-refractivity contribution is 6.07. The third-order valence-electron chi connectivity index (χ3n) is 14.7. The van der Waals surface area contributed by atoms with Crippen LogP contribution in [0.1, 0.15) is 140 Å². The summed E-state index contributed by atoms with van der Waals surface area (Å²) in [6.07, 6.45) is 7.72. The predicted octanol–water partition coefficient (Wildman–Crippen LogP) is 8.25. The minimum Gasteiger partial charge on any atom is -0.481 e. The number of Topliss-reactive ketones (excluding diaryl/α,β-unsaturated/α-hetero) is 1. The van der Waals surface area contributed by atoms with Gasteiger partial charge in [0.2, 0.25) is 5.91 Å². The van der Waals surface area contributed by atoms with Crippen LogP contribution in [-0.4, -0.2) is 52.3 Å². The van der Waals surface area contributed by atoms with Gasteiger partial charge in [-0.3, -0.25) is 19.2 Å². The summed E-state index contributed by atoms with van der Waals surface area (Å²) in [6.45, 7) is 23.2. The Labute approximate surface area is 284 Å². The van der Waals surface area contributed by atoms with Gasteiger partial charge in [0.25, 0.3) is 0 Å². The fourth-order valence-corrected chi connectivity index (χ4v) is 12.0. The Morgan fingerprint density at radius 2 is 1.51 bits per heavy atom. The predicted molar refractivity (Wildman–Crippen MR) is 183 cm³/mol. The lowest BCUT2D eigenvalue weighted by Crippen LogP contribution is -2.63. The summed E-state index contributed by atoms with van der Waals surface area (Å²) < 4.78 is 6.13. The maximum absolute atomic E-state index is 14.5. The van der Waals surface area contributed by atoms with Gasteiger partial charge in [0.15, 0.2) is 5.78 Å². The summed E-state index contributed by atoms with van der Waals surface area (Å²) >= 11 is 0. The summed E-state index contributed by atoms with van der Waals surface area (Å²) in [7, 11) is 1.92. The van der Waals surface area contributed by atoms with Crippen LogP contribution in [0.4, 0.5) is 0 Å². The van der Waals surface area contributed by atoms with Gasteiger partial charge in [0, 0.05) is 24.4 Å². The van der Waals surface area contributed by atoms with E-state index in [1.165, 1.54) is 5.57 Å². The van der Waals surface area contributed by atoms with Gasteiger partial charge in [-0.1, -0.05) is 41.5 Å². The number of nitrogens with zero attached hydrogens (tertiary/aromatic N) is 1. The van der Waals surface area contributed by atoms with Crippen LogP contribution in [0.2, 0.25) is 0 Å². The number of aliphatic carboxylic acids is 1. The van der Waals surface area contributed by atoms with Crippen LogP contribution in [0.5, 0.6) is 0 Å². The van der Waals surface area contributed by atoms with Gasteiger partial charge in [0.1, 0.15) is 6.10 Å². The number of ether oxygens (including phenoxy) is 1. The number of esters is 1. The Morgan fingerprint density at radius 3 is 2.09 bits per heavy atom. The van der Waals surface area contributed by atoms with Crippen LogP contribution < -0.4 is 0 Å². The van der Waals surface area contributed by atoms with Crippen LogP contribution in [0.3, 0.4) is 0 Å². The molecule has 0 radical (unpaired) electrons. The topological polar surface area (TPSA) is 101 Å². The van der Waals surface area contributed by atoms with Gasteiger partial charge in [-0.2, -0.15) is 0 Å². The van der Waals surface area contributed by atoms with E-state index in [1.54, 1.807) is 13.8 Å². The number of hydrogen-bond donors (Lipinski definition) is 1. The van der Waals surface area contributed by atoms with E-state index in [-0.39, 0.29) is 57.8 Å². The lowest BCUT2D eigenvalue weighted by atomic mass is 9.36. The van der Waals surface area contributed by atoms with Gasteiger partial charge in [-0.25, -0.2) is 0 Å². The van der Waals surface area contributed by atoms with Crippen molar-refractivity contribution >= 4 is 23.6 Å². The van der Waals surface area contributed by atoms with Crippen molar-refractivity contribution in [2.24, 2.45) is 56.7 Å². The molecule has 0 aromatic heterocycles. The summed E-state index contributed by atoms with van der Waals surface area (Å²) in [6, 6.07) is 0. The number of carboxylic acid groups (broad SMARTS) is 1. The molecule has 4 fully saturated rings. The first-order valence-corrected chi connectivity index (χ1v) is 18.4. The zero-order valence-corrected chi connectivity index (χ0v) is 31.5. The molecule has 0 spiro atoms. The Morgan fingerprint density at radius 1 is 0.894 bits per heavy atom. The largest absolute Gasteiger partial charge is 0.481 e. The maximum Gasteiger partial charge on any atom is 0.309 e. The van der Waals surface area contributed by atoms with Crippen molar-refractivity contribution in [1.82, 2.24) is 4.90 Å². The Hall–Kier alpha value is -2.18. The fraction of sp³-hybridized carbons (Fsp3) is 0.850. The summed E-state index contributed by atoms with van der Waals surface area (Å²) in [5.74, 6) is 0.603. The summed E-state index contributed by atoms with van der Waals surface area (Å²) in [5.41, 5.74) is -0.0640. The molecule has 264 valence electrons. The molecule has 5 rings (SSSR count). The number of amides is 1. The normalized spacial score (nSPS) is 38.2. The summed E-state index contributed by atoms with van der Waals surface area (Å²) in [4.78, 5) is 54.9. The van der Waals surface area contributed by atoms with Crippen molar-refractivity contribution in [2.45, 2.75) is 152 Å². The second-order valence-corrected chi connectivity index (χ2v) is 19.4. The number of hydrogen-bond acceptors (Lipinski definition) is 5. The monoisotopic (exact) mass is 653 g/mol. The van der Waals surface area contributed by atoms with Gasteiger partial charge in [0.05, 0.1) is 17.3 Å². The zero-order valence-electron chi connectivity index (χ0n) is 31.5. The molecule has 7 nitrogen and oxygen atoms in total. The molecule has 5 aliphatic rings. The highest BCUT2D eigenvalue weighted by Gasteiger charge is 2.68. The second kappa shape index (κ2) is 11.4. The van der Waals surface area contributed by atoms with Crippen molar-refractivity contribution in [3.8, 4) is 0 Å². The number of carbonyl (C=O) groups excluding carboxylic acids is 3. The van der Waals surface area contributed by atoms with E-state index in [2.05, 4.69) is 62.3 Å². The quantitative estimate of drug-likeness (QED) is 0.290. The number of fused-ring (bicyclic) bond motifs is 7. The molecule has 0 heterocycles. The minimum atomic E-state index is -1.16. The number of allylic oxidation sites excluding steroid dienone is 1. The van der Waals surface area contributed by atoms with Crippen molar-refractivity contribution in [1.29, 1.82) is 0 Å². The van der Waals surface area contributed by atoms with Crippen LogP contribution in [0, 0.1) is 56.7 Å². The third-order valence-corrected chi connectivity index (χ3v) is 14.7. The second-order valence-electron chi connectivity index (χ2n) is 19.4. The molecule has 0 bridgehead atoms. The molecule has 1 N–H and O–H groups in total. The molecule has 47 heavy (non-hydrogen) atoms. The van der Waals surface area contributed by atoms with Crippen LogP contribution in [-0.2, 0) is 23.9 Å². The molecule has 4 unspecified atom stereocenters. The third kappa shape index (κ3) is 5.43. The molecule has 4 saturated carbocycles. The number of carbonyl (C=O) groups is 4. The highest BCUT2D eigenvalue weighted by Crippen LogP contribution is 2.73. The maximum atomic E-state index is 14.5. The molecule has 8 atom stereocenters. The first-order chi connectivity index (χ1) is 21.4. The lowest BCUT2D eigenvalue weighted by Gasteiger charge is -2.68. The van der Waals surface area contributed by atoms with Gasteiger partial charge in [-0.15, -0.1) is 0 Å². The van der Waals surface area contributed by atoms with Crippen LogP contribution >= 0.6 is 0 Å². The van der Waals surface area contributed by atoms with Crippen molar-refractivity contribution in [2.75, 3.05) is 7.05 Å². The zero-order chi connectivity index (χ0) is 35.3. The van der Waals surface area contributed by atoms with Crippen LogP contribution in [0.15, 0.2) is 11.1 Å². The molecule has 5 aliphatic carbocycles. The van der Waals surface area contributed by atoms with E-state index in [0.717, 1.165) is 56.9 Å². The van der Waals surface area contributed by atoms with Gasteiger partial charge >= 0.3 is 11.9 Å². The molecule has 0 aromatic carbocycles. The molecule has 0 aliphatic heterocycles. The smallest absolute Gasteiger partial charge is 0.309 e. The number of carboxylic acids is 1. The average Bonchev–Trinajstić information content (AvgIpc) is 3.26. The number of rotatable bonds is 6. The molecule has 7 heteroatoms. The van der Waals surface area contributed by atoms with Crippen molar-refractivity contribution in [3.05, 3.63) is 11.1 Å². The van der Waals surface area contributed by atoms with Crippen molar-refractivity contribution < 1.29 is 29.0 Å². The van der Waals surface area contributed by atoms with E-state index in [9.17, 15) is 24.3 Å². The molecule has 1 amide bonds. The highest BCUT2D eigenvalue weighted by atomic mass is 16.5. The van der Waals surface area contributed by atoms with E-state index < -0.39 is 22.8 Å². The van der Waals surface area contributed by atoms with E-state index >= 15 is 0 Å². The molecular formula is C40H63NO6. The standard InChI is InChI=1S/C40H63NO6/c1-23(2)31-26(42)21-40(33(44)41(12)35(3,4)5)20-15-25-24(32(31)40)13-14-28-38(25,10)18-16-27-37(8,9)29(17-19-39(27,28)11)47-30(43)22-36(6,7)34(45)46/h23-25,27-29H,13-22H2,1-12H3,(H,45,46)/t24?,25?,27?,28?,29-,38-,39-,40+/m0/s1. The van der Waals surface area contributed by atoms with E-state index in [1.807, 2.05) is 11.9 Å². The van der Waals surface area contributed by atoms with Gasteiger partial charge in [-0.05, 0) is 138 Å². The SMILES string of the molecule is CC(C)C1=C2C3CCC4[C@@](C)(CCC5C(C)(C)[C@@H](OC(=O)CC(C)(C)C(=O)O)CC[C@@]54C)C3CC[C@@]2(C(=O)N(C)C(C)(C)C)CC1=O. The van der Waals surface area contributed by atoms with Crippen LogP contribution in [0.25, 0.3) is 0 Å². The van der Waals surface area contributed by atoms with Gasteiger partial charge < -0.3 is 14.7 Å². The van der Waals surface area contributed by atoms with E-state index in [0.29, 0.717) is 24.2 Å². The van der Waals surface area contributed by atoms with Crippen molar-refractivity contribution in [3.63, 3.8) is 0 Å². The molecule has 0 aromatic rings. The molecule has 0 saturated heterocycles. The van der Waals surface area contributed by atoms with E-state index in [4.69, 9.17) is 4.74 Å². The first kappa shape index (κ1) is 36.1. The summed E-state index contributed by atoms with van der Waals surface area (Å²) in [5, 5.41) is 9.56. The average molecular weight is 654 g/mol. The minimum absolute atomic E-state index is 0.0856.